The van der Waals surface area contributed by atoms with Crippen molar-refractivity contribution in [1.82, 2.24) is 9.97 Å². The van der Waals surface area contributed by atoms with Crippen molar-refractivity contribution in [3.8, 4) is 0 Å². The van der Waals surface area contributed by atoms with E-state index in [-0.39, 0.29) is 0 Å². The summed E-state index contributed by atoms with van der Waals surface area (Å²) in [6.45, 7) is 2.94. The van der Waals surface area contributed by atoms with Crippen LogP contribution in [0.25, 0.3) is 0 Å². The van der Waals surface area contributed by atoms with Crippen LogP contribution in [0, 0.1) is 6.92 Å². The topological polar surface area (TPSA) is 29.0 Å². The molecule has 2 rings (SSSR count). The number of halogens is 1. The zero-order valence-electron chi connectivity index (χ0n) is 9.89. The summed E-state index contributed by atoms with van der Waals surface area (Å²) in [6.07, 6.45) is 1.56. The van der Waals surface area contributed by atoms with Crippen LogP contribution >= 0.6 is 15.9 Å². The molecule has 1 aromatic carbocycles. The molecule has 0 aliphatic carbocycles. The van der Waals surface area contributed by atoms with Crippen LogP contribution in [-0.2, 0) is 6.54 Å². The molecule has 0 unspecified atom stereocenters. The van der Waals surface area contributed by atoms with Crippen molar-refractivity contribution in [2.45, 2.75) is 13.5 Å². The second-order valence-electron chi connectivity index (χ2n) is 4.04. The maximum atomic E-state index is 4.24. The van der Waals surface area contributed by atoms with Crippen LogP contribution in [0.2, 0.25) is 0 Å². The minimum atomic E-state index is 0.804. The maximum absolute atomic E-state index is 4.24. The summed E-state index contributed by atoms with van der Waals surface area (Å²) >= 11 is 3.35. The van der Waals surface area contributed by atoms with Crippen LogP contribution in [0.3, 0.4) is 0 Å². The van der Waals surface area contributed by atoms with Gasteiger partial charge in [0.25, 0.3) is 0 Å². The average molecular weight is 292 g/mol. The van der Waals surface area contributed by atoms with Gasteiger partial charge in [-0.1, -0.05) is 29.8 Å². The largest absolute Gasteiger partial charge is 0.355 e. The highest BCUT2D eigenvalue weighted by molar-refractivity contribution is 9.10. The molecule has 0 N–H and O–H groups in total. The summed E-state index contributed by atoms with van der Waals surface area (Å²) in [5.41, 5.74) is 2.56. The molecule has 0 amide bonds. The van der Waals surface area contributed by atoms with Crippen LogP contribution < -0.4 is 4.90 Å². The van der Waals surface area contributed by atoms with Crippen LogP contribution in [0.15, 0.2) is 41.3 Å². The van der Waals surface area contributed by atoms with Gasteiger partial charge in [-0.3, -0.25) is 0 Å². The normalized spacial score (nSPS) is 10.3. The number of benzene rings is 1. The Bertz CT molecular complexity index is 514. The number of hydrogen-bond donors (Lipinski definition) is 0. The van der Waals surface area contributed by atoms with Gasteiger partial charge < -0.3 is 4.90 Å². The molecule has 1 heterocycles. The number of aromatic nitrogens is 2. The van der Waals surface area contributed by atoms with Crippen molar-refractivity contribution in [2.24, 2.45) is 0 Å². The van der Waals surface area contributed by atoms with Crippen molar-refractivity contribution in [1.29, 1.82) is 0 Å². The molecule has 0 atom stereocenters. The predicted octanol–water partition coefficient (Wildman–Crippen LogP) is 3.18. The average Bonchev–Trinajstić information content (AvgIpc) is 2.29. The van der Waals surface area contributed by atoms with E-state index in [1.807, 2.05) is 13.1 Å². The third-order valence-electron chi connectivity index (χ3n) is 2.51. The van der Waals surface area contributed by atoms with Crippen LogP contribution in [0.4, 0.5) is 5.82 Å². The summed E-state index contributed by atoms with van der Waals surface area (Å²) in [7, 11) is 2.02. The Hall–Kier alpha value is -1.42. The lowest BCUT2D eigenvalue weighted by atomic mass is 10.1. The summed E-state index contributed by atoms with van der Waals surface area (Å²) in [6, 6.07) is 10.4. The molecule has 4 heteroatoms. The van der Waals surface area contributed by atoms with Gasteiger partial charge >= 0.3 is 0 Å². The fourth-order valence-corrected chi connectivity index (χ4v) is 1.99. The van der Waals surface area contributed by atoms with E-state index in [0.29, 0.717) is 0 Å². The minimum absolute atomic E-state index is 0.804. The molecule has 1 aromatic heterocycles. The third kappa shape index (κ3) is 3.27. The molecule has 17 heavy (non-hydrogen) atoms. The summed E-state index contributed by atoms with van der Waals surface area (Å²) in [5.74, 6) is 0.911. The molecule has 0 fully saturated rings. The van der Waals surface area contributed by atoms with Crippen LogP contribution in [0.1, 0.15) is 11.1 Å². The van der Waals surface area contributed by atoms with Crippen LogP contribution in [-0.4, -0.2) is 17.0 Å². The molecule has 3 nitrogen and oxygen atoms in total. The fraction of sp³-hybridized carbons (Fsp3) is 0.231. The molecule has 88 valence electrons. The van der Waals surface area contributed by atoms with Crippen molar-refractivity contribution in [2.75, 3.05) is 11.9 Å². The van der Waals surface area contributed by atoms with E-state index in [0.717, 1.165) is 17.0 Å². The summed E-state index contributed by atoms with van der Waals surface area (Å²) < 4.78 is 0.804. The van der Waals surface area contributed by atoms with Crippen molar-refractivity contribution in [3.05, 3.63) is 52.4 Å². The van der Waals surface area contributed by atoms with Gasteiger partial charge in [0.2, 0.25) is 0 Å². The maximum Gasteiger partial charge on any atom is 0.133 e. The molecule has 0 saturated heterocycles. The van der Waals surface area contributed by atoms with Gasteiger partial charge in [-0.2, -0.15) is 0 Å². The van der Waals surface area contributed by atoms with Gasteiger partial charge in [0.05, 0.1) is 0 Å². The number of rotatable bonds is 3. The smallest absolute Gasteiger partial charge is 0.133 e. The molecule has 0 bridgehead atoms. The first kappa shape index (κ1) is 12.0. The Kier molecular flexibility index (Phi) is 3.74. The molecular formula is C13H14BrN3. The molecular weight excluding hydrogens is 278 g/mol. The monoisotopic (exact) mass is 291 g/mol. The van der Waals surface area contributed by atoms with Crippen molar-refractivity contribution < 1.29 is 0 Å². The molecule has 0 aliphatic heterocycles. The van der Waals surface area contributed by atoms with E-state index in [9.17, 15) is 0 Å². The van der Waals surface area contributed by atoms with Gasteiger partial charge in [0, 0.05) is 19.7 Å². The van der Waals surface area contributed by atoms with Crippen molar-refractivity contribution in [3.63, 3.8) is 0 Å². The van der Waals surface area contributed by atoms with E-state index < -0.39 is 0 Å². The van der Waals surface area contributed by atoms with E-state index in [1.54, 1.807) is 6.33 Å². The highest BCUT2D eigenvalue weighted by Crippen LogP contribution is 2.16. The Morgan fingerprint density at radius 3 is 2.76 bits per heavy atom. The lowest BCUT2D eigenvalue weighted by Crippen LogP contribution is -2.17. The highest BCUT2D eigenvalue weighted by atomic mass is 79.9. The fourth-order valence-electron chi connectivity index (χ4n) is 1.70. The molecule has 2 aromatic rings. The summed E-state index contributed by atoms with van der Waals surface area (Å²) in [4.78, 5) is 10.4. The van der Waals surface area contributed by atoms with Gasteiger partial charge in [-0.15, -0.1) is 0 Å². The van der Waals surface area contributed by atoms with Crippen molar-refractivity contribution >= 4 is 21.7 Å². The van der Waals surface area contributed by atoms with Crippen LogP contribution in [0.5, 0.6) is 0 Å². The number of hydrogen-bond acceptors (Lipinski definition) is 3. The third-order valence-corrected chi connectivity index (χ3v) is 2.95. The zero-order chi connectivity index (χ0) is 12.3. The van der Waals surface area contributed by atoms with E-state index in [4.69, 9.17) is 0 Å². The van der Waals surface area contributed by atoms with E-state index in [1.165, 1.54) is 11.1 Å². The first-order valence-corrected chi connectivity index (χ1v) is 6.18. The predicted molar refractivity (Wildman–Crippen MR) is 73.0 cm³/mol. The minimum Gasteiger partial charge on any atom is -0.355 e. The molecule has 0 spiro atoms. The zero-order valence-corrected chi connectivity index (χ0v) is 11.5. The lowest BCUT2D eigenvalue weighted by Gasteiger charge is -2.18. The Morgan fingerprint density at radius 2 is 2.06 bits per heavy atom. The lowest BCUT2D eigenvalue weighted by molar-refractivity contribution is 0.887. The van der Waals surface area contributed by atoms with Gasteiger partial charge in [0.15, 0.2) is 0 Å². The molecule has 0 aliphatic rings. The SMILES string of the molecule is Cc1cccc(CN(C)c2cc(Br)ncn2)c1. The molecule has 0 radical (unpaired) electrons. The van der Waals surface area contributed by atoms with E-state index >= 15 is 0 Å². The second-order valence-corrected chi connectivity index (χ2v) is 4.86. The second kappa shape index (κ2) is 5.27. The first-order valence-electron chi connectivity index (χ1n) is 5.39. The van der Waals surface area contributed by atoms with Gasteiger partial charge in [0.1, 0.15) is 16.7 Å². The first-order chi connectivity index (χ1) is 8.15. The Balaban J connectivity index is 2.14. The number of aryl methyl sites for hydroxylation is 1. The Morgan fingerprint density at radius 1 is 1.24 bits per heavy atom. The summed E-state index contributed by atoms with van der Waals surface area (Å²) in [5, 5.41) is 0. The van der Waals surface area contributed by atoms with Gasteiger partial charge in [-0.05, 0) is 28.4 Å². The van der Waals surface area contributed by atoms with E-state index in [2.05, 4.69) is 62.0 Å². The van der Waals surface area contributed by atoms with Gasteiger partial charge in [-0.25, -0.2) is 9.97 Å². The quantitative estimate of drug-likeness (QED) is 0.814. The number of nitrogens with zero attached hydrogens (tertiary/aromatic N) is 3. The number of anilines is 1. The molecule has 0 saturated carbocycles. The standard InChI is InChI=1S/C13H14BrN3/c1-10-4-3-5-11(6-10)8-17(2)13-7-12(14)15-9-16-13/h3-7,9H,8H2,1-2H3. The highest BCUT2D eigenvalue weighted by Gasteiger charge is 2.04. The Labute approximate surface area is 110 Å².